The topological polar surface area (TPSA) is 49.3 Å². The maximum atomic E-state index is 13.3. The zero-order chi connectivity index (χ0) is 17.9. The van der Waals surface area contributed by atoms with Gasteiger partial charge in [0.05, 0.1) is 0 Å². The van der Waals surface area contributed by atoms with Gasteiger partial charge in [0.2, 0.25) is 0 Å². The van der Waals surface area contributed by atoms with Gasteiger partial charge in [-0.1, -0.05) is 39.0 Å². The molecule has 1 amide bonds. The van der Waals surface area contributed by atoms with Crippen molar-refractivity contribution in [1.29, 1.82) is 0 Å². The van der Waals surface area contributed by atoms with Gasteiger partial charge in [0, 0.05) is 12.1 Å². The maximum absolute atomic E-state index is 13.3. The van der Waals surface area contributed by atoms with Crippen LogP contribution in [0.3, 0.4) is 0 Å². The van der Waals surface area contributed by atoms with Crippen molar-refractivity contribution in [3.63, 3.8) is 0 Å². The first-order valence-electron chi connectivity index (χ1n) is 7.68. The van der Waals surface area contributed by atoms with Crippen LogP contribution < -0.4 is 5.32 Å². The Kier molecular flexibility index (Phi) is 5.34. The van der Waals surface area contributed by atoms with Crippen LogP contribution in [0.5, 0.6) is 0 Å². The van der Waals surface area contributed by atoms with Gasteiger partial charge < -0.3 is 10.4 Å². The number of aliphatic hydroxyl groups excluding tert-OH is 1. The molecule has 1 unspecified atom stereocenters. The predicted molar refractivity (Wildman–Crippen MR) is 88.7 cm³/mol. The van der Waals surface area contributed by atoms with Crippen LogP contribution >= 0.6 is 0 Å². The van der Waals surface area contributed by atoms with E-state index in [2.05, 4.69) is 5.32 Å². The predicted octanol–water partition coefficient (Wildman–Crippen LogP) is 3.82. The molecule has 0 aliphatic heterocycles. The Labute approximate surface area is 140 Å². The molecule has 3 nitrogen and oxygen atoms in total. The van der Waals surface area contributed by atoms with Crippen molar-refractivity contribution in [2.45, 2.75) is 26.9 Å². The molecule has 2 aromatic rings. The van der Waals surface area contributed by atoms with E-state index >= 15 is 0 Å². The molecule has 0 fully saturated rings. The van der Waals surface area contributed by atoms with Crippen LogP contribution in [-0.2, 0) is 0 Å². The fourth-order valence-electron chi connectivity index (χ4n) is 2.14. The molecular weight excluding hydrogens is 312 g/mol. The molecule has 0 saturated heterocycles. The third-order valence-corrected chi connectivity index (χ3v) is 3.53. The summed E-state index contributed by atoms with van der Waals surface area (Å²) in [7, 11) is 0. The summed E-state index contributed by atoms with van der Waals surface area (Å²) >= 11 is 0. The third kappa shape index (κ3) is 4.61. The Morgan fingerprint density at radius 2 is 1.62 bits per heavy atom. The number of carbonyl (C=O) groups excluding carboxylic acids is 1. The van der Waals surface area contributed by atoms with Gasteiger partial charge in [0.15, 0.2) is 11.6 Å². The van der Waals surface area contributed by atoms with Gasteiger partial charge in [-0.3, -0.25) is 4.79 Å². The van der Waals surface area contributed by atoms with Crippen molar-refractivity contribution < 1.29 is 18.7 Å². The van der Waals surface area contributed by atoms with Gasteiger partial charge in [-0.05, 0) is 40.8 Å². The van der Waals surface area contributed by atoms with Crippen LogP contribution in [-0.4, -0.2) is 17.6 Å². The summed E-state index contributed by atoms with van der Waals surface area (Å²) < 4.78 is 26.2. The smallest absolute Gasteiger partial charge is 0.251 e. The monoisotopic (exact) mass is 333 g/mol. The van der Waals surface area contributed by atoms with Crippen LogP contribution in [0, 0.1) is 17.0 Å². The molecule has 0 aromatic heterocycles. The summed E-state index contributed by atoms with van der Waals surface area (Å²) in [5.41, 5.74) is 1.20. The largest absolute Gasteiger partial charge is 0.384 e. The zero-order valence-electron chi connectivity index (χ0n) is 13.9. The summed E-state index contributed by atoms with van der Waals surface area (Å²) in [4.78, 5) is 12.1. The van der Waals surface area contributed by atoms with Gasteiger partial charge in [0.1, 0.15) is 6.10 Å². The molecule has 5 heteroatoms. The van der Waals surface area contributed by atoms with E-state index in [4.69, 9.17) is 0 Å². The van der Waals surface area contributed by atoms with Crippen molar-refractivity contribution in [2.24, 2.45) is 5.41 Å². The molecule has 2 aromatic carbocycles. The molecule has 2 N–H and O–H groups in total. The number of nitrogens with one attached hydrogen (secondary N) is 1. The number of halogens is 2. The highest BCUT2D eigenvalue weighted by Gasteiger charge is 2.15. The number of hydrogen-bond donors (Lipinski definition) is 2. The Morgan fingerprint density at radius 1 is 1.04 bits per heavy atom. The van der Waals surface area contributed by atoms with E-state index in [1.54, 1.807) is 24.3 Å². The van der Waals surface area contributed by atoms with Crippen molar-refractivity contribution in [2.75, 3.05) is 6.54 Å². The minimum Gasteiger partial charge on any atom is -0.384 e. The van der Waals surface area contributed by atoms with Gasteiger partial charge in [-0.25, -0.2) is 8.78 Å². The molecule has 24 heavy (non-hydrogen) atoms. The van der Waals surface area contributed by atoms with Crippen molar-refractivity contribution in [1.82, 2.24) is 5.32 Å². The lowest BCUT2D eigenvalue weighted by molar-refractivity contribution is 0.0939. The summed E-state index contributed by atoms with van der Waals surface area (Å²) in [5, 5.41) is 13.1. The highest BCUT2D eigenvalue weighted by Crippen LogP contribution is 2.23. The number of amides is 1. The highest BCUT2D eigenvalue weighted by molar-refractivity contribution is 5.94. The fraction of sp³-hybridized carbons (Fsp3) is 0.316. The molecule has 1 atom stereocenters. The molecular formula is C19H21F2NO2. The number of hydrogen-bond acceptors (Lipinski definition) is 2. The second-order valence-electron chi connectivity index (χ2n) is 6.94. The van der Waals surface area contributed by atoms with Crippen LogP contribution in [0.25, 0.3) is 0 Å². The highest BCUT2D eigenvalue weighted by atomic mass is 19.2. The number of benzene rings is 2. The van der Waals surface area contributed by atoms with Gasteiger partial charge in [0.25, 0.3) is 5.91 Å². The van der Waals surface area contributed by atoms with Crippen molar-refractivity contribution in [3.8, 4) is 0 Å². The van der Waals surface area contributed by atoms with E-state index in [1.807, 2.05) is 20.8 Å². The summed E-state index contributed by atoms with van der Waals surface area (Å²) in [6.07, 6.45) is -1.09. The van der Waals surface area contributed by atoms with Crippen molar-refractivity contribution in [3.05, 3.63) is 70.8 Å². The summed E-state index contributed by atoms with van der Waals surface area (Å²) in [6.45, 7) is 6.61. The average Bonchev–Trinajstić information content (AvgIpc) is 2.54. The van der Waals surface area contributed by atoms with E-state index in [9.17, 15) is 18.7 Å². The van der Waals surface area contributed by atoms with E-state index in [-0.39, 0.29) is 16.9 Å². The molecule has 0 aliphatic rings. The quantitative estimate of drug-likeness (QED) is 0.893. The number of rotatable bonds is 4. The molecule has 0 saturated carbocycles. The van der Waals surface area contributed by atoms with E-state index in [0.29, 0.717) is 17.7 Å². The Morgan fingerprint density at radius 3 is 2.17 bits per heavy atom. The lowest BCUT2D eigenvalue weighted by Crippen LogP contribution is -2.32. The summed E-state index contributed by atoms with van der Waals surface area (Å²) in [5.74, 6) is -2.17. The lowest BCUT2D eigenvalue weighted by atomic mass is 9.96. The van der Waals surface area contributed by atoms with E-state index in [0.717, 1.165) is 12.1 Å². The number of carbonyl (C=O) groups is 1. The second kappa shape index (κ2) is 7.09. The molecule has 0 heterocycles. The molecule has 0 aliphatic carbocycles. The van der Waals surface area contributed by atoms with Gasteiger partial charge in [-0.15, -0.1) is 0 Å². The van der Waals surface area contributed by atoms with Crippen LogP contribution in [0.2, 0.25) is 0 Å². The third-order valence-electron chi connectivity index (χ3n) is 3.53. The lowest BCUT2D eigenvalue weighted by Gasteiger charge is -2.19. The molecule has 0 bridgehead atoms. The standard InChI is InChI=1S/C19H21F2NO2/c1-19(2,3)11-22-18(24)13-6-4-12(5-7-13)17(23)14-8-9-15(20)16(21)10-14/h4-10,17,23H,11H2,1-3H3,(H,22,24). The van der Waals surface area contributed by atoms with E-state index < -0.39 is 17.7 Å². The Hall–Kier alpha value is -2.27. The SMILES string of the molecule is CC(C)(C)CNC(=O)c1ccc(C(O)c2ccc(F)c(F)c2)cc1. The number of aliphatic hydroxyl groups is 1. The first kappa shape index (κ1) is 18.1. The first-order chi connectivity index (χ1) is 11.2. The normalized spacial score (nSPS) is 12.8. The molecule has 128 valence electrons. The van der Waals surface area contributed by atoms with Crippen molar-refractivity contribution >= 4 is 5.91 Å². The summed E-state index contributed by atoms with van der Waals surface area (Å²) in [6, 6.07) is 9.64. The maximum Gasteiger partial charge on any atom is 0.251 e. The van der Waals surface area contributed by atoms with Crippen LogP contribution in [0.1, 0.15) is 48.4 Å². The minimum absolute atomic E-state index is 0.0154. The fourth-order valence-corrected chi connectivity index (χ4v) is 2.14. The Bertz CT molecular complexity index is 721. The Balaban J connectivity index is 2.10. The van der Waals surface area contributed by atoms with Gasteiger partial charge >= 0.3 is 0 Å². The van der Waals surface area contributed by atoms with E-state index in [1.165, 1.54) is 6.07 Å². The zero-order valence-corrected chi connectivity index (χ0v) is 13.9. The second-order valence-corrected chi connectivity index (χ2v) is 6.94. The van der Waals surface area contributed by atoms with Crippen LogP contribution in [0.15, 0.2) is 42.5 Å². The molecule has 0 radical (unpaired) electrons. The molecule has 2 rings (SSSR count). The average molecular weight is 333 g/mol. The molecule has 0 spiro atoms. The first-order valence-corrected chi connectivity index (χ1v) is 7.68. The van der Waals surface area contributed by atoms with Crippen LogP contribution in [0.4, 0.5) is 8.78 Å². The minimum atomic E-state index is -1.09. The van der Waals surface area contributed by atoms with Gasteiger partial charge in [-0.2, -0.15) is 0 Å².